The number of quaternary nitrogens is 1. The molecular formula is C13H17INOS+. The maximum Gasteiger partial charge on any atom is 0.104 e. The van der Waals surface area contributed by atoms with E-state index in [1.54, 1.807) is 0 Å². The van der Waals surface area contributed by atoms with Gasteiger partial charge in [-0.1, -0.05) is 0 Å². The third kappa shape index (κ3) is 3.19. The third-order valence-corrected chi connectivity index (χ3v) is 4.70. The van der Waals surface area contributed by atoms with Crippen LogP contribution in [-0.4, -0.2) is 24.8 Å². The van der Waals surface area contributed by atoms with Crippen molar-refractivity contribution in [3.8, 4) is 0 Å². The van der Waals surface area contributed by atoms with E-state index in [-0.39, 0.29) is 6.61 Å². The Morgan fingerprint density at radius 3 is 2.94 bits per heavy atom. The lowest BCUT2D eigenvalue weighted by atomic mass is 10.1. The molecule has 2 aromatic rings. The summed E-state index contributed by atoms with van der Waals surface area (Å²) in [5.41, 5.74) is 1.41. The van der Waals surface area contributed by atoms with E-state index in [1.165, 1.54) is 24.1 Å². The van der Waals surface area contributed by atoms with Crippen molar-refractivity contribution in [3.05, 3.63) is 32.7 Å². The van der Waals surface area contributed by atoms with Crippen molar-refractivity contribution in [1.82, 2.24) is 0 Å². The Kier molecular flexibility index (Phi) is 4.78. The zero-order valence-electron chi connectivity index (χ0n) is 9.87. The number of halogens is 1. The lowest BCUT2D eigenvalue weighted by Crippen LogP contribution is -3.10. The highest BCUT2D eigenvalue weighted by molar-refractivity contribution is 14.1. The standard InChI is InChI=1S/C13H16INOS/c1-2-15(5-6-16)8-10-9-17-13-4-3-11(14)7-12(10)13/h3-4,7,9,16H,2,5-6,8H2,1H3/p+1. The molecule has 0 amide bonds. The quantitative estimate of drug-likeness (QED) is 0.781. The molecule has 1 atom stereocenters. The fraction of sp³-hybridized carbons (Fsp3) is 0.385. The average Bonchev–Trinajstić information content (AvgIpc) is 2.71. The zero-order chi connectivity index (χ0) is 12.3. The maximum absolute atomic E-state index is 9.03. The van der Waals surface area contributed by atoms with Crippen LogP contribution in [0.25, 0.3) is 10.1 Å². The van der Waals surface area contributed by atoms with Gasteiger partial charge in [0.15, 0.2) is 0 Å². The number of hydrogen-bond donors (Lipinski definition) is 2. The van der Waals surface area contributed by atoms with Crippen molar-refractivity contribution in [2.75, 3.05) is 19.7 Å². The molecule has 0 aliphatic rings. The van der Waals surface area contributed by atoms with Gasteiger partial charge in [0.1, 0.15) is 13.1 Å². The van der Waals surface area contributed by atoms with E-state index in [9.17, 15) is 0 Å². The van der Waals surface area contributed by atoms with Crippen LogP contribution in [0, 0.1) is 3.57 Å². The van der Waals surface area contributed by atoms with Gasteiger partial charge in [-0.3, -0.25) is 0 Å². The SMILES string of the molecule is CC[NH+](CCO)Cc1csc2ccc(I)cc12. The Hall–Kier alpha value is -0.170. The number of aliphatic hydroxyl groups excluding tert-OH is 1. The molecule has 2 N–H and O–H groups in total. The molecular weight excluding hydrogens is 345 g/mol. The van der Waals surface area contributed by atoms with Crippen LogP contribution < -0.4 is 4.90 Å². The number of benzene rings is 1. The lowest BCUT2D eigenvalue weighted by Gasteiger charge is -2.15. The van der Waals surface area contributed by atoms with Gasteiger partial charge in [0.05, 0.1) is 13.2 Å². The second-order valence-electron chi connectivity index (χ2n) is 4.16. The monoisotopic (exact) mass is 362 g/mol. The van der Waals surface area contributed by atoms with Gasteiger partial charge < -0.3 is 10.0 Å². The minimum Gasteiger partial charge on any atom is -0.391 e. The Morgan fingerprint density at radius 2 is 2.24 bits per heavy atom. The van der Waals surface area contributed by atoms with Gasteiger partial charge in [-0.25, -0.2) is 0 Å². The number of rotatable bonds is 5. The summed E-state index contributed by atoms with van der Waals surface area (Å²) >= 11 is 4.17. The second kappa shape index (κ2) is 6.13. The summed E-state index contributed by atoms with van der Waals surface area (Å²) in [6.45, 7) is 5.34. The van der Waals surface area contributed by atoms with Crippen LogP contribution in [0.15, 0.2) is 23.6 Å². The molecule has 0 spiro atoms. The zero-order valence-corrected chi connectivity index (χ0v) is 12.8. The third-order valence-electron chi connectivity index (χ3n) is 3.02. The van der Waals surface area contributed by atoms with Gasteiger partial charge in [0.2, 0.25) is 0 Å². The number of thiophene rings is 1. The molecule has 4 heteroatoms. The van der Waals surface area contributed by atoms with Crippen molar-refractivity contribution in [1.29, 1.82) is 0 Å². The van der Waals surface area contributed by atoms with E-state index in [4.69, 9.17) is 5.11 Å². The highest BCUT2D eigenvalue weighted by Crippen LogP contribution is 2.27. The largest absolute Gasteiger partial charge is 0.391 e. The normalized spacial score (nSPS) is 13.1. The summed E-state index contributed by atoms with van der Waals surface area (Å²) in [6.07, 6.45) is 0. The first-order valence-corrected chi connectivity index (χ1v) is 7.80. The van der Waals surface area contributed by atoms with E-state index in [0.717, 1.165) is 19.6 Å². The first-order chi connectivity index (χ1) is 8.24. The molecule has 0 saturated heterocycles. The number of aliphatic hydroxyl groups is 1. The molecule has 0 bridgehead atoms. The average molecular weight is 362 g/mol. The van der Waals surface area contributed by atoms with Gasteiger partial charge in [-0.2, -0.15) is 0 Å². The van der Waals surface area contributed by atoms with Crippen LogP contribution in [0.2, 0.25) is 0 Å². The lowest BCUT2D eigenvalue weighted by molar-refractivity contribution is -0.912. The summed E-state index contributed by atoms with van der Waals surface area (Å²) in [7, 11) is 0. The van der Waals surface area contributed by atoms with Crippen LogP contribution in [-0.2, 0) is 6.54 Å². The molecule has 0 fully saturated rings. The topological polar surface area (TPSA) is 24.7 Å². The molecule has 2 nitrogen and oxygen atoms in total. The van der Waals surface area contributed by atoms with Gasteiger partial charge >= 0.3 is 0 Å². The molecule has 1 aromatic heterocycles. The second-order valence-corrected chi connectivity index (χ2v) is 6.31. The Bertz CT molecular complexity index is 497. The van der Waals surface area contributed by atoms with Crippen LogP contribution >= 0.6 is 33.9 Å². The predicted molar refractivity (Wildman–Crippen MR) is 81.7 cm³/mol. The molecule has 0 aliphatic carbocycles. The highest BCUT2D eigenvalue weighted by atomic mass is 127. The van der Waals surface area contributed by atoms with Crippen LogP contribution in [0.3, 0.4) is 0 Å². The first kappa shape index (κ1) is 13.3. The fourth-order valence-electron chi connectivity index (χ4n) is 2.01. The van der Waals surface area contributed by atoms with Crippen molar-refractivity contribution in [2.24, 2.45) is 0 Å². The van der Waals surface area contributed by atoms with Crippen molar-refractivity contribution in [3.63, 3.8) is 0 Å². The van der Waals surface area contributed by atoms with E-state index in [1.807, 2.05) is 11.3 Å². The van der Waals surface area contributed by atoms with Gasteiger partial charge in [-0.05, 0) is 47.7 Å². The first-order valence-electron chi connectivity index (χ1n) is 5.84. The summed E-state index contributed by atoms with van der Waals surface area (Å²) in [6, 6.07) is 6.61. The minimum atomic E-state index is 0.267. The number of hydrogen-bond acceptors (Lipinski definition) is 2. The minimum absolute atomic E-state index is 0.267. The molecule has 2 rings (SSSR count). The Labute approximate surface area is 119 Å². The van der Waals surface area contributed by atoms with Gasteiger partial charge in [0.25, 0.3) is 0 Å². The maximum atomic E-state index is 9.03. The predicted octanol–water partition coefficient (Wildman–Crippen LogP) is 1.90. The van der Waals surface area contributed by atoms with Crippen LogP contribution in [0.1, 0.15) is 12.5 Å². The summed E-state index contributed by atoms with van der Waals surface area (Å²) in [4.78, 5) is 1.44. The molecule has 0 saturated carbocycles. The van der Waals surface area contributed by atoms with Crippen molar-refractivity contribution < 1.29 is 10.0 Å². The van der Waals surface area contributed by atoms with Gasteiger partial charge in [0, 0.05) is 24.6 Å². The molecule has 0 radical (unpaired) electrons. The van der Waals surface area contributed by atoms with Crippen molar-refractivity contribution in [2.45, 2.75) is 13.5 Å². The highest BCUT2D eigenvalue weighted by Gasteiger charge is 2.11. The fourth-order valence-corrected chi connectivity index (χ4v) is 3.44. The number of fused-ring (bicyclic) bond motifs is 1. The van der Waals surface area contributed by atoms with Crippen LogP contribution in [0.4, 0.5) is 0 Å². The van der Waals surface area contributed by atoms with E-state index in [2.05, 4.69) is 53.1 Å². The van der Waals surface area contributed by atoms with E-state index in [0.29, 0.717) is 0 Å². The van der Waals surface area contributed by atoms with E-state index < -0.39 is 0 Å². The number of nitrogens with one attached hydrogen (secondary N) is 1. The summed E-state index contributed by atoms with van der Waals surface area (Å²) < 4.78 is 2.65. The molecule has 1 unspecified atom stereocenters. The number of likely N-dealkylation sites (N-methyl/N-ethyl adjacent to an activating group) is 1. The molecule has 17 heavy (non-hydrogen) atoms. The molecule has 1 heterocycles. The van der Waals surface area contributed by atoms with Crippen molar-refractivity contribution >= 4 is 44.0 Å². The molecule has 1 aromatic carbocycles. The van der Waals surface area contributed by atoms with E-state index >= 15 is 0 Å². The summed E-state index contributed by atoms with van der Waals surface area (Å²) in [5.74, 6) is 0. The Morgan fingerprint density at radius 1 is 1.41 bits per heavy atom. The molecule has 0 aliphatic heterocycles. The van der Waals surface area contributed by atoms with Crippen LogP contribution in [0.5, 0.6) is 0 Å². The Balaban J connectivity index is 2.26. The smallest absolute Gasteiger partial charge is 0.104 e. The summed E-state index contributed by atoms with van der Waals surface area (Å²) in [5, 5.41) is 12.7. The van der Waals surface area contributed by atoms with Gasteiger partial charge in [-0.15, -0.1) is 11.3 Å². The molecule has 92 valence electrons.